The zero-order valence-electron chi connectivity index (χ0n) is 17.1. The fraction of sp³-hybridized carbons (Fsp3) is 0.409. The normalized spacial score (nSPS) is 16.2. The molecule has 5 nitrogen and oxygen atoms in total. The number of amides is 1. The van der Waals surface area contributed by atoms with Crippen LogP contribution in [0.1, 0.15) is 42.6 Å². The van der Waals surface area contributed by atoms with Gasteiger partial charge in [0.05, 0.1) is 23.3 Å². The molecule has 1 saturated carbocycles. The van der Waals surface area contributed by atoms with Gasteiger partial charge in [-0.25, -0.2) is 12.8 Å². The second kappa shape index (κ2) is 7.78. The van der Waals surface area contributed by atoms with E-state index in [2.05, 4.69) is 19.2 Å². The maximum atomic E-state index is 13.4. The first-order chi connectivity index (χ1) is 13.5. The molecule has 156 valence electrons. The molecule has 0 spiro atoms. The second-order valence-corrected chi connectivity index (χ2v) is 10.5. The monoisotopic (exact) mass is 419 g/mol. The van der Waals surface area contributed by atoms with Crippen LogP contribution in [0.3, 0.4) is 0 Å². The fourth-order valence-electron chi connectivity index (χ4n) is 4.01. The van der Waals surface area contributed by atoms with Gasteiger partial charge in [-0.05, 0) is 73.1 Å². The van der Waals surface area contributed by atoms with Crippen molar-refractivity contribution in [1.82, 2.24) is 0 Å². The molecule has 1 fully saturated rings. The molecule has 0 aliphatic heterocycles. The number of rotatable bonds is 6. The lowest BCUT2D eigenvalue weighted by atomic mass is 9.65. The Balaban J connectivity index is 1.84. The lowest BCUT2D eigenvalue weighted by Gasteiger charge is -2.42. The number of halogens is 1. The average Bonchev–Trinajstić information content (AvgIpc) is 2.62. The molecule has 2 aromatic rings. The van der Waals surface area contributed by atoms with Gasteiger partial charge in [0.15, 0.2) is 9.84 Å². The van der Waals surface area contributed by atoms with Crippen LogP contribution < -0.4 is 10.1 Å². The maximum Gasteiger partial charge on any atom is 0.259 e. The summed E-state index contributed by atoms with van der Waals surface area (Å²) in [6, 6.07) is 8.54. The molecule has 7 heteroatoms. The van der Waals surface area contributed by atoms with Crippen LogP contribution in [0.2, 0.25) is 0 Å². The predicted molar refractivity (Wildman–Crippen MR) is 111 cm³/mol. The Morgan fingerprint density at radius 3 is 2.48 bits per heavy atom. The Morgan fingerprint density at radius 2 is 1.90 bits per heavy atom. The third kappa shape index (κ3) is 4.78. The number of aryl methyl sites for hydroxylation is 1. The predicted octanol–water partition coefficient (Wildman–Crippen LogP) is 4.60. The summed E-state index contributed by atoms with van der Waals surface area (Å²) in [6.45, 7) is 5.85. The van der Waals surface area contributed by atoms with Crippen molar-refractivity contribution >= 4 is 21.4 Å². The number of hydrogen-bond acceptors (Lipinski definition) is 4. The highest BCUT2D eigenvalue weighted by Crippen LogP contribution is 2.45. The van der Waals surface area contributed by atoms with Crippen molar-refractivity contribution in [2.45, 2.75) is 38.5 Å². The van der Waals surface area contributed by atoms with Crippen molar-refractivity contribution in [2.75, 3.05) is 18.2 Å². The van der Waals surface area contributed by atoms with Crippen molar-refractivity contribution in [3.05, 3.63) is 53.3 Å². The van der Waals surface area contributed by atoms with E-state index in [1.807, 2.05) is 0 Å². The van der Waals surface area contributed by atoms with Crippen LogP contribution in [0, 0.1) is 24.1 Å². The van der Waals surface area contributed by atoms with Gasteiger partial charge in [-0.15, -0.1) is 0 Å². The molecule has 3 rings (SSSR count). The number of carbonyl (C=O) groups is 1. The number of methoxy groups -OCH3 is 1. The van der Waals surface area contributed by atoms with E-state index in [-0.39, 0.29) is 39.1 Å². The van der Waals surface area contributed by atoms with Crippen LogP contribution in [0.25, 0.3) is 0 Å². The van der Waals surface area contributed by atoms with E-state index in [1.165, 1.54) is 43.5 Å². The molecule has 1 N–H and O–H groups in total. The summed E-state index contributed by atoms with van der Waals surface area (Å²) in [4.78, 5) is 12.9. The Labute approximate surface area is 171 Å². The molecule has 2 aromatic carbocycles. The van der Waals surface area contributed by atoms with Crippen molar-refractivity contribution in [3.63, 3.8) is 0 Å². The summed E-state index contributed by atoms with van der Waals surface area (Å²) in [5.41, 5.74) is 1.12. The Bertz CT molecular complexity index is 1040. The summed E-state index contributed by atoms with van der Waals surface area (Å²) in [6.07, 6.45) is 1.75. The number of sulfone groups is 1. The van der Waals surface area contributed by atoms with Gasteiger partial charge < -0.3 is 10.1 Å². The van der Waals surface area contributed by atoms with Crippen molar-refractivity contribution in [1.29, 1.82) is 0 Å². The molecule has 0 unspecified atom stereocenters. The molecular formula is C22H26FNO4S. The van der Waals surface area contributed by atoms with Gasteiger partial charge in [0.1, 0.15) is 11.6 Å². The van der Waals surface area contributed by atoms with Gasteiger partial charge in [0.25, 0.3) is 5.91 Å². The molecule has 1 aliphatic rings. The summed E-state index contributed by atoms with van der Waals surface area (Å²) in [7, 11) is -2.11. The highest BCUT2D eigenvalue weighted by Gasteiger charge is 2.38. The van der Waals surface area contributed by atoms with Crippen LogP contribution in [0.5, 0.6) is 5.75 Å². The third-order valence-corrected chi connectivity index (χ3v) is 7.21. The number of benzene rings is 2. The van der Waals surface area contributed by atoms with Gasteiger partial charge in [0.2, 0.25) is 0 Å². The molecule has 0 heterocycles. The van der Waals surface area contributed by atoms with Crippen molar-refractivity contribution in [2.24, 2.45) is 11.3 Å². The molecule has 0 aromatic heterocycles. The fourth-order valence-corrected chi connectivity index (χ4v) is 5.63. The lowest BCUT2D eigenvalue weighted by molar-refractivity contribution is 0.102. The SMILES string of the molecule is COc1ccc(S(=O)(=O)CC2CC(C)(C)C2)cc1C(=O)Nc1ccc(F)c(C)c1. The van der Waals surface area contributed by atoms with E-state index < -0.39 is 15.7 Å². The van der Waals surface area contributed by atoms with Gasteiger partial charge in [0, 0.05) is 5.69 Å². The van der Waals surface area contributed by atoms with Crippen LogP contribution in [0.15, 0.2) is 41.3 Å². The average molecular weight is 420 g/mol. The Hall–Kier alpha value is -2.41. The van der Waals surface area contributed by atoms with E-state index in [0.717, 1.165) is 12.8 Å². The van der Waals surface area contributed by atoms with Crippen LogP contribution in [0.4, 0.5) is 10.1 Å². The second-order valence-electron chi connectivity index (χ2n) is 8.50. The number of anilines is 1. The van der Waals surface area contributed by atoms with Crippen molar-refractivity contribution < 1.29 is 22.3 Å². The Morgan fingerprint density at radius 1 is 1.21 bits per heavy atom. The molecule has 0 saturated heterocycles. The largest absolute Gasteiger partial charge is 0.496 e. The Kier molecular flexibility index (Phi) is 5.72. The highest BCUT2D eigenvalue weighted by atomic mass is 32.2. The summed E-state index contributed by atoms with van der Waals surface area (Å²) in [5.74, 6) is -0.412. The number of hydrogen-bond donors (Lipinski definition) is 1. The van der Waals surface area contributed by atoms with Gasteiger partial charge >= 0.3 is 0 Å². The smallest absolute Gasteiger partial charge is 0.259 e. The number of ether oxygens (including phenoxy) is 1. The molecule has 0 bridgehead atoms. The minimum Gasteiger partial charge on any atom is -0.496 e. The molecular weight excluding hydrogens is 393 g/mol. The van der Waals surface area contributed by atoms with Gasteiger partial charge in [-0.2, -0.15) is 0 Å². The van der Waals surface area contributed by atoms with E-state index in [4.69, 9.17) is 4.74 Å². The third-order valence-electron chi connectivity index (χ3n) is 5.33. The van der Waals surface area contributed by atoms with E-state index in [1.54, 1.807) is 6.92 Å². The first kappa shape index (κ1) is 21.3. The van der Waals surface area contributed by atoms with Crippen LogP contribution in [-0.4, -0.2) is 27.2 Å². The molecule has 0 atom stereocenters. The molecule has 0 radical (unpaired) electrons. The minimum absolute atomic E-state index is 0.0704. The zero-order chi connectivity index (χ0) is 21.4. The number of nitrogens with one attached hydrogen (secondary N) is 1. The van der Waals surface area contributed by atoms with Crippen LogP contribution >= 0.6 is 0 Å². The van der Waals surface area contributed by atoms with E-state index >= 15 is 0 Å². The summed E-state index contributed by atoms with van der Waals surface area (Å²) < 4.78 is 44.4. The van der Waals surface area contributed by atoms with Gasteiger partial charge in [-0.3, -0.25) is 4.79 Å². The summed E-state index contributed by atoms with van der Waals surface area (Å²) in [5, 5.41) is 2.67. The maximum absolute atomic E-state index is 13.4. The summed E-state index contributed by atoms with van der Waals surface area (Å²) >= 11 is 0. The minimum atomic E-state index is -3.52. The van der Waals surface area contributed by atoms with Gasteiger partial charge in [-0.1, -0.05) is 13.8 Å². The highest BCUT2D eigenvalue weighted by molar-refractivity contribution is 7.91. The van der Waals surface area contributed by atoms with E-state index in [9.17, 15) is 17.6 Å². The van der Waals surface area contributed by atoms with E-state index in [0.29, 0.717) is 11.3 Å². The topological polar surface area (TPSA) is 72.5 Å². The molecule has 29 heavy (non-hydrogen) atoms. The van der Waals surface area contributed by atoms with Crippen molar-refractivity contribution in [3.8, 4) is 5.75 Å². The first-order valence-corrected chi connectivity index (χ1v) is 11.1. The standard InChI is InChI=1S/C22H26FNO4S/c1-14-9-16(5-7-19(14)23)24-21(25)18-10-17(6-8-20(18)28-4)29(26,27)13-15-11-22(2,3)12-15/h5-10,15H,11-13H2,1-4H3,(H,24,25). The molecule has 1 aliphatic carbocycles. The quantitative estimate of drug-likeness (QED) is 0.742. The first-order valence-electron chi connectivity index (χ1n) is 9.49. The van der Waals surface area contributed by atoms with Crippen LogP contribution in [-0.2, 0) is 9.84 Å². The zero-order valence-corrected chi connectivity index (χ0v) is 17.9. The lowest BCUT2D eigenvalue weighted by Crippen LogP contribution is -2.36. The molecule has 1 amide bonds. The number of carbonyl (C=O) groups excluding carboxylic acids is 1.